The van der Waals surface area contributed by atoms with Gasteiger partial charge in [-0.2, -0.15) is 0 Å². The van der Waals surface area contributed by atoms with Gasteiger partial charge in [-0.25, -0.2) is 4.98 Å². The predicted molar refractivity (Wildman–Crippen MR) is 132 cm³/mol. The van der Waals surface area contributed by atoms with E-state index in [9.17, 15) is 0 Å². The molecule has 3 rings (SSSR count). The summed E-state index contributed by atoms with van der Waals surface area (Å²) in [5, 5.41) is 10.3. The van der Waals surface area contributed by atoms with Crippen LogP contribution in [0.25, 0.3) is 0 Å². The minimum Gasteiger partial charge on any atom is -0.356 e. The molecule has 2 aromatic heterocycles. The number of guanidine groups is 1. The Morgan fingerprint density at radius 3 is 2.72 bits per heavy atom. The van der Waals surface area contributed by atoms with Crippen molar-refractivity contribution in [2.24, 2.45) is 10.9 Å². The molecule has 0 spiro atoms. The van der Waals surface area contributed by atoms with Crippen LogP contribution < -0.4 is 10.6 Å². The zero-order valence-corrected chi connectivity index (χ0v) is 20.6. The number of rotatable bonds is 8. The number of likely N-dealkylation sites (tertiary alicyclic amines) is 1. The van der Waals surface area contributed by atoms with Crippen LogP contribution in [-0.2, 0) is 19.4 Å². The summed E-state index contributed by atoms with van der Waals surface area (Å²) < 4.78 is 0. The number of nitrogens with one attached hydrogen (secondary N) is 2. The zero-order valence-electron chi connectivity index (χ0n) is 17.4. The van der Waals surface area contributed by atoms with Gasteiger partial charge in [-0.05, 0) is 50.4 Å². The van der Waals surface area contributed by atoms with Crippen LogP contribution >= 0.6 is 35.3 Å². The van der Waals surface area contributed by atoms with Gasteiger partial charge in [0.25, 0.3) is 0 Å². The number of piperidine rings is 1. The van der Waals surface area contributed by atoms with Crippen molar-refractivity contribution in [1.29, 1.82) is 0 Å². The Bertz CT molecular complexity index is 728. The first kappa shape index (κ1) is 24.0. The maximum atomic E-state index is 4.70. The van der Waals surface area contributed by atoms with Crippen molar-refractivity contribution in [2.75, 3.05) is 33.2 Å². The first-order valence-electron chi connectivity index (χ1n) is 10.3. The van der Waals surface area contributed by atoms with Gasteiger partial charge in [0, 0.05) is 50.4 Å². The number of aromatic nitrogens is 2. The normalized spacial score (nSPS) is 15.7. The molecule has 0 unspecified atom stereocenters. The summed E-state index contributed by atoms with van der Waals surface area (Å²) in [6.07, 6.45) is 6.23. The van der Waals surface area contributed by atoms with Crippen molar-refractivity contribution >= 4 is 41.3 Å². The SMILES string of the molecule is CCc1nc(CN2CCC(CNC(=NC)NCCc3ccccn3)CC2)cs1.I. The van der Waals surface area contributed by atoms with Gasteiger partial charge in [-0.1, -0.05) is 13.0 Å². The van der Waals surface area contributed by atoms with Crippen LogP contribution in [0.1, 0.15) is 36.2 Å². The van der Waals surface area contributed by atoms with Gasteiger partial charge in [0.1, 0.15) is 0 Å². The summed E-state index contributed by atoms with van der Waals surface area (Å²) in [5.74, 6) is 1.58. The van der Waals surface area contributed by atoms with E-state index in [1.54, 1.807) is 11.3 Å². The highest BCUT2D eigenvalue weighted by atomic mass is 127. The number of aryl methyl sites for hydroxylation is 1. The van der Waals surface area contributed by atoms with Gasteiger partial charge in [-0.15, -0.1) is 35.3 Å². The predicted octanol–water partition coefficient (Wildman–Crippen LogP) is 3.34. The first-order chi connectivity index (χ1) is 13.8. The standard InChI is InChI=1S/C21H32N6S.HI/c1-3-20-26-19(16-28-20)15-27-12-8-17(9-13-27)14-25-21(22-2)24-11-7-18-6-4-5-10-23-18;/h4-6,10,16-17H,3,7-9,11-15H2,1-2H3,(H2,22,24,25);1H. The van der Waals surface area contributed by atoms with E-state index in [-0.39, 0.29) is 24.0 Å². The number of aliphatic imine (C=N–C) groups is 1. The molecule has 29 heavy (non-hydrogen) atoms. The van der Waals surface area contributed by atoms with Crippen LogP contribution in [0.5, 0.6) is 0 Å². The first-order valence-corrected chi connectivity index (χ1v) is 11.1. The molecule has 2 aromatic rings. The fraction of sp³-hybridized carbons (Fsp3) is 0.571. The number of halogens is 1. The summed E-state index contributed by atoms with van der Waals surface area (Å²) in [4.78, 5) is 15.9. The largest absolute Gasteiger partial charge is 0.356 e. The third kappa shape index (κ3) is 8.18. The number of pyridine rings is 1. The zero-order chi connectivity index (χ0) is 19.6. The van der Waals surface area contributed by atoms with E-state index in [2.05, 4.69) is 43.9 Å². The van der Waals surface area contributed by atoms with E-state index in [0.717, 1.165) is 57.2 Å². The Morgan fingerprint density at radius 1 is 1.24 bits per heavy atom. The van der Waals surface area contributed by atoms with Crippen molar-refractivity contribution in [3.8, 4) is 0 Å². The lowest BCUT2D eigenvalue weighted by Gasteiger charge is -2.31. The smallest absolute Gasteiger partial charge is 0.190 e. The second-order valence-electron chi connectivity index (χ2n) is 7.26. The van der Waals surface area contributed by atoms with Crippen LogP contribution in [0.15, 0.2) is 34.8 Å². The Hall–Kier alpha value is -1.26. The van der Waals surface area contributed by atoms with Crippen molar-refractivity contribution in [1.82, 2.24) is 25.5 Å². The van der Waals surface area contributed by atoms with E-state index < -0.39 is 0 Å². The van der Waals surface area contributed by atoms with Crippen LogP contribution in [0.4, 0.5) is 0 Å². The molecule has 0 atom stereocenters. The van der Waals surface area contributed by atoms with Crippen molar-refractivity contribution in [3.05, 3.63) is 46.2 Å². The van der Waals surface area contributed by atoms with Crippen LogP contribution in [0, 0.1) is 5.92 Å². The molecule has 0 radical (unpaired) electrons. The van der Waals surface area contributed by atoms with Gasteiger partial charge in [-0.3, -0.25) is 14.9 Å². The fourth-order valence-corrected chi connectivity index (χ4v) is 4.21. The number of hydrogen-bond acceptors (Lipinski definition) is 5. The molecule has 1 fully saturated rings. The molecule has 160 valence electrons. The lowest BCUT2D eigenvalue weighted by Crippen LogP contribution is -2.43. The summed E-state index contributed by atoms with van der Waals surface area (Å²) in [6.45, 7) is 7.28. The summed E-state index contributed by atoms with van der Waals surface area (Å²) in [5.41, 5.74) is 2.33. The molecular weight excluding hydrogens is 495 g/mol. The summed E-state index contributed by atoms with van der Waals surface area (Å²) in [6, 6.07) is 6.03. The van der Waals surface area contributed by atoms with E-state index in [4.69, 9.17) is 4.98 Å². The van der Waals surface area contributed by atoms with Gasteiger partial charge < -0.3 is 10.6 Å². The van der Waals surface area contributed by atoms with Crippen molar-refractivity contribution in [2.45, 2.75) is 39.2 Å². The molecule has 0 amide bonds. The monoisotopic (exact) mass is 528 g/mol. The third-order valence-electron chi connectivity index (χ3n) is 5.18. The van der Waals surface area contributed by atoms with Gasteiger partial charge in [0.2, 0.25) is 0 Å². The van der Waals surface area contributed by atoms with E-state index in [0.29, 0.717) is 5.92 Å². The molecule has 0 bridgehead atoms. The lowest BCUT2D eigenvalue weighted by atomic mass is 9.97. The number of thiazole rings is 1. The molecule has 1 aliphatic heterocycles. The van der Waals surface area contributed by atoms with Gasteiger partial charge in [0.15, 0.2) is 5.96 Å². The third-order valence-corrected chi connectivity index (χ3v) is 6.22. The topological polar surface area (TPSA) is 65.4 Å². The highest BCUT2D eigenvalue weighted by Gasteiger charge is 2.20. The average Bonchev–Trinajstić information content (AvgIpc) is 3.20. The maximum absolute atomic E-state index is 4.70. The minimum absolute atomic E-state index is 0. The molecule has 0 saturated carbocycles. The summed E-state index contributed by atoms with van der Waals surface area (Å²) >= 11 is 1.79. The molecular formula is C21H33IN6S. The molecule has 0 aromatic carbocycles. The second kappa shape index (κ2) is 13.1. The number of nitrogens with zero attached hydrogens (tertiary/aromatic N) is 4. The van der Waals surface area contributed by atoms with Gasteiger partial charge >= 0.3 is 0 Å². The molecule has 3 heterocycles. The summed E-state index contributed by atoms with van der Waals surface area (Å²) in [7, 11) is 1.83. The average molecular weight is 529 g/mol. The van der Waals surface area contributed by atoms with Gasteiger partial charge in [0.05, 0.1) is 10.7 Å². The minimum atomic E-state index is 0. The van der Waals surface area contributed by atoms with Crippen LogP contribution in [0.2, 0.25) is 0 Å². The molecule has 8 heteroatoms. The quantitative estimate of drug-likeness (QED) is 0.313. The van der Waals surface area contributed by atoms with Crippen molar-refractivity contribution < 1.29 is 0 Å². The molecule has 0 aliphatic carbocycles. The highest BCUT2D eigenvalue weighted by Crippen LogP contribution is 2.19. The Kier molecular flexibility index (Phi) is 10.9. The maximum Gasteiger partial charge on any atom is 0.190 e. The van der Waals surface area contributed by atoms with Crippen LogP contribution in [0.3, 0.4) is 0 Å². The van der Waals surface area contributed by atoms with E-state index >= 15 is 0 Å². The highest BCUT2D eigenvalue weighted by molar-refractivity contribution is 14.0. The van der Waals surface area contributed by atoms with Crippen molar-refractivity contribution in [3.63, 3.8) is 0 Å². The van der Waals surface area contributed by atoms with Crippen LogP contribution in [-0.4, -0.2) is 54.1 Å². The van der Waals surface area contributed by atoms with E-state index in [1.165, 1.54) is 23.5 Å². The number of hydrogen-bond donors (Lipinski definition) is 2. The molecule has 1 saturated heterocycles. The molecule has 2 N–H and O–H groups in total. The Morgan fingerprint density at radius 2 is 2.07 bits per heavy atom. The molecule has 1 aliphatic rings. The molecule has 6 nitrogen and oxygen atoms in total. The Balaban J connectivity index is 0.00000300. The van der Waals surface area contributed by atoms with E-state index in [1.807, 2.05) is 25.4 Å². The fourth-order valence-electron chi connectivity index (χ4n) is 3.48. The lowest BCUT2D eigenvalue weighted by molar-refractivity contribution is 0.176. The second-order valence-corrected chi connectivity index (χ2v) is 8.20. The Labute approximate surface area is 195 Å².